The van der Waals surface area contributed by atoms with Crippen LogP contribution in [-0.2, 0) is 11.0 Å². The Bertz CT molecular complexity index is 512. The molecule has 5 nitrogen and oxygen atoms in total. The first-order valence-corrected chi connectivity index (χ1v) is 5.23. The highest BCUT2D eigenvalue weighted by Gasteiger charge is 2.39. The highest BCUT2D eigenvalue weighted by molar-refractivity contribution is 5.76. The molecule has 1 aromatic carbocycles. The van der Waals surface area contributed by atoms with Crippen LogP contribution >= 0.6 is 0 Å². The Balaban J connectivity index is 2.58. The van der Waals surface area contributed by atoms with Crippen LogP contribution < -0.4 is 9.47 Å². The number of carboxylic acids is 1. The number of ether oxygens (including phenoxy) is 2. The molecule has 8 heteroatoms. The summed E-state index contributed by atoms with van der Waals surface area (Å²) >= 11 is 0. The summed E-state index contributed by atoms with van der Waals surface area (Å²) in [6.45, 7) is -0.101. The van der Waals surface area contributed by atoms with Gasteiger partial charge in [0, 0.05) is 5.56 Å². The van der Waals surface area contributed by atoms with E-state index in [-0.39, 0.29) is 24.5 Å². The molecule has 0 bridgehead atoms. The number of aliphatic carboxylic acids is 1. The summed E-state index contributed by atoms with van der Waals surface area (Å²) in [5, 5.41) is 18.1. The van der Waals surface area contributed by atoms with Crippen LogP contribution in [0.15, 0.2) is 12.1 Å². The van der Waals surface area contributed by atoms with Gasteiger partial charge in [-0.05, 0) is 6.07 Å². The third kappa shape index (κ3) is 2.43. The Labute approximate surface area is 105 Å². The largest absolute Gasteiger partial charge is 0.486 e. The van der Waals surface area contributed by atoms with Crippen LogP contribution in [0.1, 0.15) is 17.2 Å². The number of benzene rings is 1. The second kappa shape index (κ2) is 4.61. The van der Waals surface area contributed by atoms with Crippen LogP contribution in [-0.4, -0.2) is 29.4 Å². The molecule has 0 fully saturated rings. The summed E-state index contributed by atoms with van der Waals surface area (Å²) in [7, 11) is 0. The Morgan fingerprint density at radius 3 is 2.32 bits per heavy atom. The Morgan fingerprint density at radius 2 is 1.79 bits per heavy atom. The molecule has 1 heterocycles. The lowest BCUT2D eigenvalue weighted by Gasteiger charge is -2.25. The van der Waals surface area contributed by atoms with Gasteiger partial charge in [-0.3, -0.25) is 0 Å². The van der Waals surface area contributed by atoms with Crippen molar-refractivity contribution in [2.45, 2.75) is 12.3 Å². The predicted octanol–water partition coefficient (Wildman–Crippen LogP) is 1.59. The van der Waals surface area contributed by atoms with Crippen molar-refractivity contribution >= 4 is 5.97 Å². The van der Waals surface area contributed by atoms with E-state index < -0.39 is 29.6 Å². The molecule has 104 valence electrons. The van der Waals surface area contributed by atoms with Crippen molar-refractivity contribution in [3.8, 4) is 11.5 Å². The SMILES string of the molecule is O=C(O)C(O)c1ccc(C(F)(F)F)c2c1OCCO2. The van der Waals surface area contributed by atoms with Crippen molar-refractivity contribution in [2.24, 2.45) is 0 Å². The summed E-state index contributed by atoms with van der Waals surface area (Å²) in [5.41, 5.74) is -1.33. The maximum Gasteiger partial charge on any atom is 0.420 e. The van der Waals surface area contributed by atoms with Crippen molar-refractivity contribution in [1.82, 2.24) is 0 Å². The fourth-order valence-electron chi connectivity index (χ4n) is 1.73. The number of carboxylic acid groups (broad SMARTS) is 1. The molecule has 0 aromatic heterocycles. The molecule has 0 amide bonds. The van der Waals surface area contributed by atoms with Gasteiger partial charge in [0.25, 0.3) is 0 Å². The van der Waals surface area contributed by atoms with Crippen LogP contribution in [0.5, 0.6) is 11.5 Å². The fraction of sp³-hybridized carbons (Fsp3) is 0.364. The summed E-state index contributed by atoms with van der Waals surface area (Å²) in [6, 6.07) is 1.53. The lowest BCUT2D eigenvalue weighted by Crippen LogP contribution is -2.22. The van der Waals surface area contributed by atoms with E-state index in [4.69, 9.17) is 14.6 Å². The zero-order valence-corrected chi connectivity index (χ0v) is 9.40. The van der Waals surface area contributed by atoms with Gasteiger partial charge in [0.1, 0.15) is 18.8 Å². The van der Waals surface area contributed by atoms with Crippen LogP contribution in [0, 0.1) is 0 Å². The molecule has 1 aromatic rings. The average Bonchev–Trinajstić information content (AvgIpc) is 2.35. The fourth-order valence-corrected chi connectivity index (χ4v) is 1.73. The number of halogens is 3. The predicted molar refractivity (Wildman–Crippen MR) is 55.0 cm³/mol. The third-order valence-electron chi connectivity index (χ3n) is 2.55. The summed E-state index contributed by atoms with van der Waals surface area (Å²) in [4.78, 5) is 10.7. The number of fused-ring (bicyclic) bond motifs is 1. The van der Waals surface area contributed by atoms with E-state index in [2.05, 4.69) is 0 Å². The van der Waals surface area contributed by atoms with Gasteiger partial charge in [-0.15, -0.1) is 0 Å². The monoisotopic (exact) mass is 278 g/mol. The quantitative estimate of drug-likeness (QED) is 0.859. The van der Waals surface area contributed by atoms with Gasteiger partial charge in [0.2, 0.25) is 0 Å². The van der Waals surface area contributed by atoms with Crippen LogP contribution in [0.4, 0.5) is 13.2 Å². The van der Waals surface area contributed by atoms with Gasteiger partial charge in [0.05, 0.1) is 0 Å². The summed E-state index contributed by atoms with van der Waals surface area (Å²) in [5.74, 6) is -2.55. The smallest absolute Gasteiger partial charge is 0.420 e. The van der Waals surface area contributed by atoms with E-state index in [1.807, 2.05) is 0 Å². The summed E-state index contributed by atoms with van der Waals surface area (Å²) < 4.78 is 48.2. The van der Waals surface area contributed by atoms with E-state index >= 15 is 0 Å². The third-order valence-corrected chi connectivity index (χ3v) is 2.55. The molecule has 0 saturated heterocycles. The minimum absolute atomic E-state index is 0.0202. The molecule has 0 saturated carbocycles. The number of hydrogen-bond acceptors (Lipinski definition) is 4. The zero-order valence-electron chi connectivity index (χ0n) is 9.40. The zero-order chi connectivity index (χ0) is 14.2. The molecule has 0 spiro atoms. The number of hydrogen-bond donors (Lipinski definition) is 2. The molecule has 1 atom stereocenters. The highest BCUT2D eigenvalue weighted by Crippen LogP contribution is 2.46. The first-order chi connectivity index (χ1) is 8.82. The molecule has 1 unspecified atom stereocenters. The maximum atomic E-state index is 12.8. The number of carbonyl (C=O) groups is 1. The Morgan fingerprint density at radius 1 is 1.21 bits per heavy atom. The van der Waals surface area contributed by atoms with Gasteiger partial charge in [0.15, 0.2) is 17.6 Å². The average molecular weight is 278 g/mol. The maximum absolute atomic E-state index is 12.8. The molecule has 1 aliphatic rings. The standard InChI is InChI=1S/C11H9F3O5/c12-11(13,14)6-2-1-5(7(15)10(16)17)8-9(6)19-4-3-18-8/h1-2,7,15H,3-4H2,(H,16,17). The first-order valence-electron chi connectivity index (χ1n) is 5.23. The molecule has 19 heavy (non-hydrogen) atoms. The van der Waals surface area contributed by atoms with Gasteiger partial charge < -0.3 is 19.7 Å². The second-order valence-electron chi connectivity index (χ2n) is 3.80. The molecule has 1 aliphatic heterocycles. The Hall–Kier alpha value is -1.96. The van der Waals surface area contributed by atoms with E-state index in [0.29, 0.717) is 6.07 Å². The van der Waals surface area contributed by atoms with E-state index in [1.165, 1.54) is 0 Å². The summed E-state index contributed by atoms with van der Waals surface area (Å²) in [6.07, 6.45) is -6.63. The molecule has 0 radical (unpaired) electrons. The lowest BCUT2D eigenvalue weighted by molar-refractivity contribution is -0.147. The minimum atomic E-state index is -4.66. The molecule has 0 aliphatic carbocycles. The van der Waals surface area contributed by atoms with E-state index in [9.17, 15) is 23.1 Å². The highest BCUT2D eigenvalue weighted by atomic mass is 19.4. The first kappa shape index (κ1) is 13.5. The van der Waals surface area contributed by atoms with E-state index in [0.717, 1.165) is 6.07 Å². The topological polar surface area (TPSA) is 76.0 Å². The van der Waals surface area contributed by atoms with Crippen molar-refractivity contribution in [3.63, 3.8) is 0 Å². The van der Waals surface area contributed by atoms with Crippen molar-refractivity contribution in [2.75, 3.05) is 13.2 Å². The number of aliphatic hydroxyl groups excluding tert-OH is 1. The van der Waals surface area contributed by atoms with Gasteiger partial charge >= 0.3 is 12.1 Å². The molecular formula is C11H9F3O5. The number of aliphatic hydroxyl groups is 1. The van der Waals surface area contributed by atoms with Crippen molar-refractivity contribution in [1.29, 1.82) is 0 Å². The molecule has 2 rings (SSSR count). The minimum Gasteiger partial charge on any atom is -0.486 e. The number of rotatable bonds is 2. The van der Waals surface area contributed by atoms with Crippen molar-refractivity contribution in [3.05, 3.63) is 23.3 Å². The van der Waals surface area contributed by atoms with Gasteiger partial charge in [-0.2, -0.15) is 13.2 Å². The van der Waals surface area contributed by atoms with E-state index in [1.54, 1.807) is 0 Å². The number of alkyl halides is 3. The molecule has 2 N–H and O–H groups in total. The van der Waals surface area contributed by atoms with Crippen LogP contribution in [0.3, 0.4) is 0 Å². The van der Waals surface area contributed by atoms with Crippen LogP contribution in [0.2, 0.25) is 0 Å². The normalized spacial score (nSPS) is 16.0. The van der Waals surface area contributed by atoms with Gasteiger partial charge in [-0.1, -0.05) is 6.07 Å². The lowest BCUT2D eigenvalue weighted by atomic mass is 10.0. The second-order valence-corrected chi connectivity index (χ2v) is 3.80. The molecular weight excluding hydrogens is 269 g/mol. The van der Waals surface area contributed by atoms with Gasteiger partial charge in [-0.25, -0.2) is 4.79 Å². The van der Waals surface area contributed by atoms with Crippen molar-refractivity contribution < 1.29 is 37.7 Å². The van der Waals surface area contributed by atoms with Crippen LogP contribution in [0.25, 0.3) is 0 Å². The Kier molecular flexibility index (Phi) is 3.27.